The molecule has 0 saturated carbocycles. The van der Waals surface area contributed by atoms with Crippen LogP contribution in [0.1, 0.15) is 56.9 Å². The summed E-state index contributed by atoms with van der Waals surface area (Å²) >= 11 is 0. The molecule has 3 aromatic carbocycles. The Hall–Kier alpha value is -4.17. The third-order valence-electron chi connectivity index (χ3n) is 7.32. The monoisotopic (exact) mass is 540 g/mol. The van der Waals surface area contributed by atoms with E-state index in [1.807, 2.05) is 51.1 Å². The summed E-state index contributed by atoms with van der Waals surface area (Å²) in [6.45, 7) is 11.2. The number of fused-ring (bicyclic) bond motifs is 1. The average molecular weight is 541 g/mol. The average Bonchev–Trinajstić information content (AvgIpc) is 3.20. The van der Waals surface area contributed by atoms with Crippen molar-refractivity contribution in [2.45, 2.75) is 33.3 Å². The van der Waals surface area contributed by atoms with E-state index in [9.17, 15) is 14.4 Å². The largest absolute Gasteiger partial charge is 0.489 e. The van der Waals surface area contributed by atoms with E-state index in [2.05, 4.69) is 21.2 Å². The standard InChI is InChI=1S/C32H36N4O4/c1-22(2)40-29-8-5-4-7-28(29)35-19-17-34(18-20-35)16-6-15-33-30(37)24-11-14-26-27(21-24)32(39)36(31(26)38)25-12-9-23(3)10-13-25/h4-5,7-14,21-22H,6,15-20H2,1-3H3,(H,33,37). The Morgan fingerprint density at radius 1 is 0.900 bits per heavy atom. The smallest absolute Gasteiger partial charge is 0.266 e. The molecule has 0 aliphatic carbocycles. The van der Waals surface area contributed by atoms with Crippen LogP contribution in [0, 0.1) is 6.92 Å². The second kappa shape index (κ2) is 11.9. The number of anilines is 2. The number of rotatable bonds is 9. The summed E-state index contributed by atoms with van der Waals surface area (Å²) in [5, 5.41) is 2.96. The van der Waals surface area contributed by atoms with E-state index in [0.29, 0.717) is 23.4 Å². The van der Waals surface area contributed by atoms with Gasteiger partial charge >= 0.3 is 0 Å². The highest BCUT2D eigenvalue weighted by Crippen LogP contribution is 2.30. The van der Waals surface area contributed by atoms with Crippen LogP contribution >= 0.6 is 0 Å². The normalized spacial score (nSPS) is 15.5. The van der Waals surface area contributed by atoms with E-state index < -0.39 is 5.91 Å². The van der Waals surface area contributed by atoms with Gasteiger partial charge in [0.05, 0.1) is 28.6 Å². The maximum absolute atomic E-state index is 13.0. The summed E-state index contributed by atoms with van der Waals surface area (Å²) in [4.78, 5) is 44.7. The van der Waals surface area contributed by atoms with Gasteiger partial charge in [-0.15, -0.1) is 0 Å². The van der Waals surface area contributed by atoms with Gasteiger partial charge in [-0.2, -0.15) is 0 Å². The molecule has 208 valence electrons. The minimum Gasteiger partial charge on any atom is -0.489 e. The molecule has 2 heterocycles. The molecule has 0 bridgehead atoms. The zero-order valence-electron chi connectivity index (χ0n) is 23.4. The van der Waals surface area contributed by atoms with Crippen LogP contribution in [0.2, 0.25) is 0 Å². The number of benzene rings is 3. The van der Waals surface area contributed by atoms with Crippen LogP contribution in [0.15, 0.2) is 66.7 Å². The molecule has 0 radical (unpaired) electrons. The van der Waals surface area contributed by atoms with Crippen molar-refractivity contribution in [2.24, 2.45) is 0 Å². The van der Waals surface area contributed by atoms with Crippen molar-refractivity contribution in [3.8, 4) is 5.75 Å². The first-order chi connectivity index (χ1) is 19.3. The summed E-state index contributed by atoms with van der Waals surface area (Å²) in [7, 11) is 0. The molecule has 0 spiro atoms. The number of carbonyl (C=O) groups excluding carboxylic acids is 3. The maximum Gasteiger partial charge on any atom is 0.266 e. The third-order valence-corrected chi connectivity index (χ3v) is 7.32. The first-order valence-corrected chi connectivity index (χ1v) is 13.9. The van der Waals surface area contributed by atoms with Crippen LogP contribution in [-0.4, -0.2) is 68.0 Å². The molecule has 1 fully saturated rings. The van der Waals surface area contributed by atoms with Gasteiger partial charge in [0.15, 0.2) is 0 Å². The Morgan fingerprint density at radius 3 is 2.33 bits per heavy atom. The Balaban J connectivity index is 1.10. The van der Waals surface area contributed by atoms with E-state index in [4.69, 9.17) is 4.74 Å². The van der Waals surface area contributed by atoms with E-state index in [-0.39, 0.29) is 23.5 Å². The summed E-state index contributed by atoms with van der Waals surface area (Å²) in [5.74, 6) is -0.0968. The van der Waals surface area contributed by atoms with Crippen molar-refractivity contribution in [3.63, 3.8) is 0 Å². The zero-order chi connectivity index (χ0) is 28.2. The second-order valence-electron chi connectivity index (χ2n) is 10.6. The van der Waals surface area contributed by atoms with E-state index >= 15 is 0 Å². The molecule has 0 atom stereocenters. The predicted octanol–water partition coefficient (Wildman–Crippen LogP) is 4.52. The summed E-state index contributed by atoms with van der Waals surface area (Å²) in [6, 6.07) is 20.1. The fraction of sp³-hybridized carbons (Fsp3) is 0.344. The number of ether oxygens (including phenoxy) is 1. The molecule has 2 aliphatic heterocycles. The number of para-hydroxylation sites is 2. The van der Waals surface area contributed by atoms with Crippen molar-refractivity contribution >= 4 is 29.1 Å². The zero-order valence-corrected chi connectivity index (χ0v) is 23.4. The first kappa shape index (κ1) is 27.4. The minimum atomic E-state index is -0.406. The van der Waals surface area contributed by atoms with Crippen LogP contribution in [0.3, 0.4) is 0 Å². The highest BCUT2D eigenvalue weighted by atomic mass is 16.5. The molecule has 1 N–H and O–H groups in total. The van der Waals surface area contributed by atoms with Gasteiger partial charge in [0, 0.05) is 38.3 Å². The van der Waals surface area contributed by atoms with Gasteiger partial charge in [-0.1, -0.05) is 29.8 Å². The van der Waals surface area contributed by atoms with Crippen LogP contribution in [-0.2, 0) is 0 Å². The highest BCUT2D eigenvalue weighted by molar-refractivity contribution is 6.34. The lowest BCUT2D eigenvalue weighted by atomic mass is 10.1. The van der Waals surface area contributed by atoms with Gasteiger partial charge in [-0.25, -0.2) is 4.90 Å². The number of carbonyl (C=O) groups is 3. The first-order valence-electron chi connectivity index (χ1n) is 13.9. The Morgan fingerprint density at radius 2 is 1.60 bits per heavy atom. The Bertz CT molecular complexity index is 1390. The van der Waals surface area contributed by atoms with Gasteiger partial charge in [-0.05, 0) is 76.2 Å². The van der Waals surface area contributed by atoms with E-state index in [0.717, 1.165) is 56.1 Å². The number of nitrogens with zero attached hydrogens (tertiary/aromatic N) is 3. The van der Waals surface area contributed by atoms with Crippen molar-refractivity contribution in [1.29, 1.82) is 0 Å². The fourth-order valence-electron chi connectivity index (χ4n) is 5.20. The summed E-state index contributed by atoms with van der Waals surface area (Å²) in [5.41, 5.74) is 3.66. The second-order valence-corrected chi connectivity index (χ2v) is 10.6. The van der Waals surface area contributed by atoms with Crippen LogP contribution in [0.5, 0.6) is 5.75 Å². The van der Waals surface area contributed by atoms with Crippen molar-refractivity contribution < 1.29 is 19.1 Å². The summed E-state index contributed by atoms with van der Waals surface area (Å²) < 4.78 is 6.00. The lowest BCUT2D eigenvalue weighted by Gasteiger charge is -2.37. The van der Waals surface area contributed by atoms with Crippen molar-refractivity contribution in [1.82, 2.24) is 10.2 Å². The number of nitrogens with one attached hydrogen (secondary N) is 1. The molecular formula is C32H36N4O4. The molecule has 2 aliphatic rings. The number of hydrogen-bond acceptors (Lipinski definition) is 6. The molecular weight excluding hydrogens is 504 g/mol. The molecule has 8 heteroatoms. The minimum absolute atomic E-state index is 0.130. The number of imide groups is 1. The Labute approximate surface area is 235 Å². The molecule has 0 unspecified atom stereocenters. The lowest BCUT2D eigenvalue weighted by molar-refractivity contribution is 0.0923. The molecule has 3 aromatic rings. The predicted molar refractivity (Wildman–Crippen MR) is 157 cm³/mol. The molecule has 3 amide bonds. The molecule has 1 saturated heterocycles. The van der Waals surface area contributed by atoms with Gasteiger partial charge in [-0.3, -0.25) is 19.3 Å². The lowest BCUT2D eigenvalue weighted by Crippen LogP contribution is -2.47. The fourth-order valence-corrected chi connectivity index (χ4v) is 5.20. The molecule has 5 rings (SSSR count). The quantitative estimate of drug-likeness (QED) is 0.317. The number of hydrogen-bond donors (Lipinski definition) is 1. The topological polar surface area (TPSA) is 82.2 Å². The van der Waals surface area contributed by atoms with E-state index in [1.165, 1.54) is 11.0 Å². The number of piperazine rings is 1. The van der Waals surface area contributed by atoms with Crippen molar-refractivity contribution in [3.05, 3.63) is 89.0 Å². The van der Waals surface area contributed by atoms with Gasteiger partial charge in [0.1, 0.15) is 5.75 Å². The molecule has 0 aromatic heterocycles. The van der Waals surface area contributed by atoms with Crippen LogP contribution in [0.25, 0.3) is 0 Å². The van der Waals surface area contributed by atoms with Gasteiger partial charge < -0.3 is 15.0 Å². The Kier molecular flexibility index (Phi) is 8.16. The SMILES string of the molecule is Cc1ccc(N2C(=O)c3ccc(C(=O)NCCCN4CCN(c5ccccc5OC(C)C)CC4)cc3C2=O)cc1. The molecule has 40 heavy (non-hydrogen) atoms. The number of aryl methyl sites for hydroxylation is 1. The van der Waals surface area contributed by atoms with E-state index in [1.54, 1.807) is 24.3 Å². The highest BCUT2D eigenvalue weighted by Gasteiger charge is 2.37. The van der Waals surface area contributed by atoms with Gasteiger partial charge in [0.25, 0.3) is 17.7 Å². The van der Waals surface area contributed by atoms with Crippen molar-refractivity contribution in [2.75, 3.05) is 49.1 Å². The van der Waals surface area contributed by atoms with Crippen LogP contribution in [0.4, 0.5) is 11.4 Å². The number of amides is 3. The van der Waals surface area contributed by atoms with Gasteiger partial charge in [0.2, 0.25) is 0 Å². The molecule has 8 nitrogen and oxygen atoms in total. The summed E-state index contributed by atoms with van der Waals surface area (Å²) in [6.07, 6.45) is 0.952. The van der Waals surface area contributed by atoms with Crippen LogP contribution < -0.4 is 19.9 Å². The third kappa shape index (κ3) is 5.87. The maximum atomic E-state index is 13.0.